The van der Waals surface area contributed by atoms with Crippen LogP contribution in [-0.2, 0) is 14.6 Å². The Morgan fingerprint density at radius 3 is 2.62 bits per heavy atom. The molecule has 5 nitrogen and oxygen atoms in total. The first-order valence-electron chi connectivity index (χ1n) is 6.40. The summed E-state index contributed by atoms with van der Waals surface area (Å²) in [6.45, 7) is 0. The zero-order chi connectivity index (χ0) is 15.3. The van der Waals surface area contributed by atoms with Gasteiger partial charge in [0.15, 0.2) is 9.84 Å². The van der Waals surface area contributed by atoms with E-state index in [2.05, 4.69) is 5.32 Å². The van der Waals surface area contributed by atoms with Gasteiger partial charge in [-0.3, -0.25) is 4.79 Å². The van der Waals surface area contributed by atoms with E-state index in [1.165, 1.54) is 11.3 Å². The second-order valence-electron chi connectivity index (χ2n) is 4.49. The van der Waals surface area contributed by atoms with Crippen molar-refractivity contribution in [2.45, 2.75) is 17.1 Å². The SMILES string of the molecule is Nc1ccccc1NC(=O)CCCS(=O)(=O)c1cccs1. The van der Waals surface area contributed by atoms with Crippen molar-refractivity contribution in [3.8, 4) is 0 Å². The maximum absolute atomic E-state index is 11.9. The first-order valence-corrected chi connectivity index (χ1v) is 8.93. The number of nitrogens with two attached hydrogens (primary N) is 1. The highest BCUT2D eigenvalue weighted by Crippen LogP contribution is 2.19. The molecule has 0 saturated heterocycles. The van der Waals surface area contributed by atoms with Crippen molar-refractivity contribution in [1.82, 2.24) is 0 Å². The molecule has 0 aliphatic carbocycles. The Bertz CT molecular complexity index is 710. The molecule has 1 aromatic carbocycles. The molecule has 3 N–H and O–H groups in total. The summed E-state index contributed by atoms with van der Waals surface area (Å²) in [6.07, 6.45) is 0.414. The molecule has 0 saturated carbocycles. The van der Waals surface area contributed by atoms with Gasteiger partial charge in [0.05, 0.1) is 17.1 Å². The van der Waals surface area contributed by atoms with Crippen LogP contribution in [0.5, 0.6) is 0 Å². The Balaban J connectivity index is 1.84. The van der Waals surface area contributed by atoms with E-state index in [1.807, 2.05) is 0 Å². The Kier molecular flexibility index (Phi) is 4.98. The summed E-state index contributed by atoms with van der Waals surface area (Å²) >= 11 is 1.19. The van der Waals surface area contributed by atoms with Gasteiger partial charge in [0.25, 0.3) is 0 Å². The minimum atomic E-state index is -3.28. The molecule has 21 heavy (non-hydrogen) atoms. The van der Waals surface area contributed by atoms with Crippen molar-refractivity contribution in [2.24, 2.45) is 0 Å². The van der Waals surface area contributed by atoms with E-state index in [1.54, 1.807) is 41.8 Å². The van der Waals surface area contributed by atoms with E-state index in [9.17, 15) is 13.2 Å². The van der Waals surface area contributed by atoms with Gasteiger partial charge < -0.3 is 11.1 Å². The predicted octanol–water partition coefficient (Wildman–Crippen LogP) is 2.52. The second kappa shape index (κ2) is 6.73. The molecule has 0 radical (unpaired) electrons. The molecule has 0 aliphatic heterocycles. The van der Waals surface area contributed by atoms with E-state index in [0.29, 0.717) is 15.6 Å². The number of rotatable bonds is 6. The van der Waals surface area contributed by atoms with E-state index in [0.717, 1.165) is 0 Å². The number of thiophene rings is 1. The molecule has 0 unspecified atom stereocenters. The lowest BCUT2D eigenvalue weighted by atomic mass is 10.2. The summed E-state index contributed by atoms with van der Waals surface area (Å²) in [5.74, 6) is -0.278. The monoisotopic (exact) mass is 324 g/mol. The molecule has 1 amide bonds. The van der Waals surface area contributed by atoms with Crippen LogP contribution in [0.2, 0.25) is 0 Å². The van der Waals surface area contributed by atoms with E-state index in [4.69, 9.17) is 5.73 Å². The van der Waals surface area contributed by atoms with Gasteiger partial charge >= 0.3 is 0 Å². The zero-order valence-electron chi connectivity index (χ0n) is 11.3. The number of sulfone groups is 1. The highest BCUT2D eigenvalue weighted by molar-refractivity contribution is 7.93. The lowest BCUT2D eigenvalue weighted by Crippen LogP contribution is -2.14. The summed E-state index contributed by atoms with van der Waals surface area (Å²) in [4.78, 5) is 11.8. The topological polar surface area (TPSA) is 89.3 Å². The highest BCUT2D eigenvalue weighted by Gasteiger charge is 2.16. The van der Waals surface area contributed by atoms with Crippen molar-refractivity contribution in [3.63, 3.8) is 0 Å². The van der Waals surface area contributed by atoms with Gasteiger partial charge in [0.1, 0.15) is 4.21 Å². The van der Waals surface area contributed by atoms with Crippen LogP contribution in [0.1, 0.15) is 12.8 Å². The van der Waals surface area contributed by atoms with Gasteiger partial charge in [0.2, 0.25) is 5.91 Å². The molecule has 7 heteroatoms. The van der Waals surface area contributed by atoms with Crippen LogP contribution in [0, 0.1) is 0 Å². The first-order chi connectivity index (χ1) is 9.99. The third-order valence-corrected chi connectivity index (χ3v) is 6.14. The quantitative estimate of drug-likeness (QED) is 0.799. The maximum atomic E-state index is 11.9. The van der Waals surface area contributed by atoms with Gasteiger partial charge in [0, 0.05) is 6.42 Å². The fraction of sp³-hybridized carbons (Fsp3) is 0.214. The summed E-state index contributed by atoms with van der Waals surface area (Å²) in [7, 11) is -3.28. The summed E-state index contributed by atoms with van der Waals surface area (Å²) < 4.78 is 24.2. The lowest BCUT2D eigenvalue weighted by Gasteiger charge is -2.07. The largest absolute Gasteiger partial charge is 0.397 e. The minimum absolute atomic E-state index is 0.0365. The Hall–Kier alpha value is -1.86. The number of hydrogen-bond donors (Lipinski definition) is 2. The van der Waals surface area contributed by atoms with Gasteiger partial charge in [-0.15, -0.1) is 11.3 Å². The number of hydrogen-bond acceptors (Lipinski definition) is 5. The molecule has 1 aromatic heterocycles. The van der Waals surface area contributed by atoms with Crippen molar-refractivity contribution in [3.05, 3.63) is 41.8 Å². The summed E-state index contributed by atoms with van der Waals surface area (Å²) in [6, 6.07) is 10.2. The molecule has 0 bridgehead atoms. The average Bonchev–Trinajstić information content (AvgIpc) is 2.96. The molecular formula is C14H16N2O3S2. The number of amides is 1. The second-order valence-corrected chi connectivity index (χ2v) is 7.77. The van der Waals surface area contributed by atoms with E-state index < -0.39 is 9.84 Å². The third-order valence-electron chi connectivity index (χ3n) is 2.85. The van der Waals surface area contributed by atoms with Crippen LogP contribution in [0.15, 0.2) is 46.0 Å². The molecular weight excluding hydrogens is 308 g/mol. The van der Waals surface area contributed by atoms with Crippen LogP contribution in [0.25, 0.3) is 0 Å². The number of anilines is 2. The van der Waals surface area contributed by atoms with Gasteiger partial charge in [-0.1, -0.05) is 18.2 Å². The number of benzene rings is 1. The molecule has 112 valence electrons. The Morgan fingerprint density at radius 1 is 1.19 bits per heavy atom. The smallest absolute Gasteiger partial charge is 0.224 e. The van der Waals surface area contributed by atoms with Gasteiger partial charge in [-0.05, 0) is 30.0 Å². The first kappa shape index (κ1) is 15.5. The van der Waals surface area contributed by atoms with Crippen LogP contribution < -0.4 is 11.1 Å². The standard InChI is InChI=1S/C14H16N2O3S2/c15-11-5-1-2-6-12(11)16-13(17)7-4-10-21(18,19)14-8-3-9-20-14/h1-3,5-6,8-9H,4,7,10,15H2,(H,16,17). The average molecular weight is 324 g/mol. The summed E-state index contributed by atoms with van der Waals surface area (Å²) in [5, 5.41) is 4.40. The minimum Gasteiger partial charge on any atom is -0.397 e. The molecule has 0 spiro atoms. The van der Waals surface area contributed by atoms with Crippen LogP contribution in [0.3, 0.4) is 0 Å². The fourth-order valence-corrected chi connectivity index (χ4v) is 4.25. The van der Waals surface area contributed by atoms with Gasteiger partial charge in [-0.2, -0.15) is 0 Å². The predicted molar refractivity (Wildman–Crippen MR) is 85.1 cm³/mol. The van der Waals surface area contributed by atoms with E-state index in [-0.39, 0.29) is 24.5 Å². The van der Waals surface area contributed by atoms with Crippen molar-refractivity contribution >= 4 is 38.5 Å². The number of carbonyl (C=O) groups excluding carboxylic acids is 1. The highest BCUT2D eigenvalue weighted by atomic mass is 32.2. The molecule has 2 rings (SSSR count). The normalized spacial score (nSPS) is 11.2. The van der Waals surface area contributed by atoms with Crippen molar-refractivity contribution in [1.29, 1.82) is 0 Å². The number of carbonyl (C=O) groups is 1. The van der Waals surface area contributed by atoms with Crippen LogP contribution in [-0.4, -0.2) is 20.1 Å². The zero-order valence-corrected chi connectivity index (χ0v) is 12.9. The molecule has 0 fully saturated rings. The molecule has 0 atom stereocenters. The summed E-state index contributed by atoms with van der Waals surface area (Å²) in [5.41, 5.74) is 6.75. The van der Waals surface area contributed by atoms with Crippen molar-refractivity contribution in [2.75, 3.05) is 16.8 Å². The van der Waals surface area contributed by atoms with Crippen LogP contribution in [0.4, 0.5) is 11.4 Å². The number of para-hydroxylation sites is 2. The van der Waals surface area contributed by atoms with Crippen molar-refractivity contribution < 1.29 is 13.2 Å². The Morgan fingerprint density at radius 2 is 1.95 bits per heavy atom. The Labute approximate surface area is 127 Å². The molecule has 1 heterocycles. The number of nitrogen functional groups attached to an aromatic ring is 1. The number of nitrogens with one attached hydrogen (secondary N) is 1. The molecule has 0 aliphatic rings. The fourth-order valence-electron chi connectivity index (χ4n) is 1.79. The third kappa shape index (κ3) is 4.30. The van der Waals surface area contributed by atoms with E-state index >= 15 is 0 Å². The van der Waals surface area contributed by atoms with Gasteiger partial charge in [-0.25, -0.2) is 8.42 Å². The lowest BCUT2D eigenvalue weighted by molar-refractivity contribution is -0.116. The maximum Gasteiger partial charge on any atom is 0.224 e. The van der Waals surface area contributed by atoms with Crippen LogP contribution >= 0.6 is 11.3 Å². The molecule has 2 aromatic rings.